The number of hydrogen-bond acceptors (Lipinski definition) is 4. The molecular formula is C47H68O4. The molecule has 12 atom stereocenters. The van der Waals surface area contributed by atoms with Gasteiger partial charge in [-0.05, 0) is 116 Å². The molecular weight excluding hydrogens is 629 g/mol. The standard InChI is InChI=1S/C47H68O4/c1-32(2)14-13-15-33(3)40-22-23-41-39-21-20-37-28-38(24-26-46(37,5)42(39)25-27-47(40,41)6)51-44-29-43(48-30-35-16-9-7-10-17-35)45(34(4)50-44)49-31-36-18-11-8-12-19-36/h7-12,16-20,32-34,38-45H,13-15,21-31H2,1-6H3/t33-,34-,38+,39+,40-,41+,42+,43+,44+,45-,46+,47-/m1/s1. The van der Waals surface area contributed by atoms with Gasteiger partial charge < -0.3 is 18.9 Å². The van der Waals surface area contributed by atoms with Crippen LogP contribution in [0.3, 0.4) is 0 Å². The molecule has 0 aromatic heterocycles. The summed E-state index contributed by atoms with van der Waals surface area (Å²) in [6.07, 6.45) is 17.6. The molecule has 2 aromatic carbocycles. The highest BCUT2D eigenvalue weighted by molar-refractivity contribution is 5.25. The summed E-state index contributed by atoms with van der Waals surface area (Å²) >= 11 is 0. The van der Waals surface area contributed by atoms with E-state index in [1.165, 1.54) is 68.9 Å². The van der Waals surface area contributed by atoms with Crippen LogP contribution in [0.15, 0.2) is 72.3 Å². The molecule has 0 N–H and O–H groups in total. The first kappa shape index (κ1) is 37.3. The summed E-state index contributed by atoms with van der Waals surface area (Å²) in [6.45, 7) is 15.9. The Bertz CT molecular complexity index is 1420. The first-order valence-corrected chi connectivity index (χ1v) is 21.0. The van der Waals surface area contributed by atoms with Crippen LogP contribution in [-0.2, 0) is 32.2 Å². The average molecular weight is 697 g/mol. The summed E-state index contributed by atoms with van der Waals surface area (Å²) in [4.78, 5) is 0. The molecule has 4 fully saturated rings. The summed E-state index contributed by atoms with van der Waals surface area (Å²) in [6, 6.07) is 20.9. The zero-order chi connectivity index (χ0) is 35.6. The van der Waals surface area contributed by atoms with E-state index < -0.39 is 0 Å². The SMILES string of the molecule is CC(C)CCC[C@@H](C)[C@H]1CC[C@H]2[C@@H]3CC=C4C[C@@H](O[C@H]5C[C@H](OCc6ccccc6)[C@H](OCc6ccccc6)[C@@H](C)O5)CC[C@]4(C)[C@H]3CC[C@]12C. The molecule has 2 aromatic rings. The van der Waals surface area contributed by atoms with Gasteiger partial charge in [-0.3, -0.25) is 0 Å². The van der Waals surface area contributed by atoms with E-state index in [4.69, 9.17) is 18.9 Å². The molecule has 280 valence electrons. The third kappa shape index (κ3) is 8.10. The minimum atomic E-state index is -0.281. The van der Waals surface area contributed by atoms with Crippen LogP contribution in [-0.4, -0.2) is 30.7 Å². The van der Waals surface area contributed by atoms with E-state index in [2.05, 4.69) is 102 Å². The van der Waals surface area contributed by atoms with Crippen LogP contribution in [0.2, 0.25) is 0 Å². The lowest BCUT2D eigenvalue weighted by Gasteiger charge is -2.58. The van der Waals surface area contributed by atoms with E-state index in [-0.39, 0.29) is 30.7 Å². The topological polar surface area (TPSA) is 36.9 Å². The minimum absolute atomic E-state index is 0.101. The van der Waals surface area contributed by atoms with Gasteiger partial charge in [0.25, 0.3) is 0 Å². The molecule has 1 aliphatic heterocycles. The van der Waals surface area contributed by atoms with Gasteiger partial charge in [0.15, 0.2) is 6.29 Å². The number of allylic oxidation sites excluding steroid dienone is 1. The summed E-state index contributed by atoms with van der Waals surface area (Å²) < 4.78 is 26.6. The van der Waals surface area contributed by atoms with Crippen molar-refractivity contribution in [3.8, 4) is 0 Å². The number of benzene rings is 2. The van der Waals surface area contributed by atoms with Crippen LogP contribution < -0.4 is 0 Å². The predicted octanol–water partition coefficient (Wildman–Crippen LogP) is 11.7. The second-order valence-corrected chi connectivity index (χ2v) is 18.4. The molecule has 0 spiro atoms. The molecule has 4 heteroatoms. The minimum Gasteiger partial charge on any atom is -0.371 e. The first-order valence-electron chi connectivity index (χ1n) is 21.0. The van der Waals surface area contributed by atoms with Crippen LogP contribution >= 0.6 is 0 Å². The maximum atomic E-state index is 6.90. The van der Waals surface area contributed by atoms with Crippen LogP contribution in [0.4, 0.5) is 0 Å². The summed E-state index contributed by atoms with van der Waals surface area (Å²) in [7, 11) is 0. The van der Waals surface area contributed by atoms with E-state index in [9.17, 15) is 0 Å². The van der Waals surface area contributed by atoms with Gasteiger partial charge >= 0.3 is 0 Å². The smallest absolute Gasteiger partial charge is 0.161 e. The molecule has 0 bridgehead atoms. The quantitative estimate of drug-likeness (QED) is 0.195. The monoisotopic (exact) mass is 697 g/mol. The Hall–Kier alpha value is -1.98. The van der Waals surface area contributed by atoms with E-state index in [1.54, 1.807) is 5.57 Å². The van der Waals surface area contributed by atoms with Crippen molar-refractivity contribution in [3.05, 3.63) is 83.4 Å². The Kier molecular flexibility index (Phi) is 11.8. The van der Waals surface area contributed by atoms with Gasteiger partial charge in [0, 0.05) is 6.42 Å². The van der Waals surface area contributed by atoms with Crippen molar-refractivity contribution in [3.63, 3.8) is 0 Å². The highest BCUT2D eigenvalue weighted by atomic mass is 16.7. The van der Waals surface area contributed by atoms with E-state index in [0.29, 0.717) is 30.5 Å². The zero-order valence-corrected chi connectivity index (χ0v) is 32.7. The number of fused-ring (bicyclic) bond motifs is 5. The van der Waals surface area contributed by atoms with E-state index >= 15 is 0 Å². The molecule has 0 amide bonds. The molecule has 1 saturated heterocycles. The molecule has 0 radical (unpaired) electrons. The fourth-order valence-electron chi connectivity index (χ4n) is 12.0. The molecule has 1 heterocycles. The van der Waals surface area contributed by atoms with Gasteiger partial charge in [0.1, 0.15) is 6.10 Å². The Morgan fingerprint density at radius 3 is 2.22 bits per heavy atom. The van der Waals surface area contributed by atoms with Gasteiger partial charge in [-0.2, -0.15) is 0 Å². The molecule has 4 nitrogen and oxygen atoms in total. The Balaban J connectivity index is 0.981. The van der Waals surface area contributed by atoms with E-state index in [0.717, 1.165) is 48.3 Å². The van der Waals surface area contributed by atoms with Gasteiger partial charge in [-0.1, -0.05) is 126 Å². The molecule has 4 aliphatic carbocycles. The van der Waals surface area contributed by atoms with Crippen molar-refractivity contribution in [2.45, 2.75) is 163 Å². The lowest BCUT2D eigenvalue weighted by molar-refractivity contribution is -0.278. The molecule has 3 saturated carbocycles. The van der Waals surface area contributed by atoms with Crippen molar-refractivity contribution < 1.29 is 18.9 Å². The summed E-state index contributed by atoms with van der Waals surface area (Å²) in [5.74, 6) is 5.21. The first-order chi connectivity index (χ1) is 24.6. The van der Waals surface area contributed by atoms with Gasteiger partial charge in [-0.25, -0.2) is 0 Å². The maximum absolute atomic E-state index is 6.90. The van der Waals surface area contributed by atoms with Crippen molar-refractivity contribution in [2.24, 2.45) is 46.3 Å². The van der Waals surface area contributed by atoms with Crippen molar-refractivity contribution in [1.82, 2.24) is 0 Å². The van der Waals surface area contributed by atoms with Crippen LogP contribution in [0, 0.1) is 46.3 Å². The third-order valence-electron chi connectivity index (χ3n) is 14.8. The van der Waals surface area contributed by atoms with Crippen molar-refractivity contribution >= 4 is 0 Å². The maximum Gasteiger partial charge on any atom is 0.161 e. The second-order valence-electron chi connectivity index (χ2n) is 18.4. The van der Waals surface area contributed by atoms with Gasteiger partial charge in [0.2, 0.25) is 0 Å². The highest BCUT2D eigenvalue weighted by Gasteiger charge is 2.59. The van der Waals surface area contributed by atoms with Gasteiger partial charge in [-0.15, -0.1) is 0 Å². The predicted molar refractivity (Wildman–Crippen MR) is 207 cm³/mol. The largest absolute Gasteiger partial charge is 0.371 e. The van der Waals surface area contributed by atoms with Crippen LogP contribution in [0.25, 0.3) is 0 Å². The molecule has 0 unspecified atom stereocenters. The van der Waals surface area contributed by atoms with Crippen molar-refractivity contribution in [2.75, 3.05) is 0 Å². The highest BCUT2D eigenvalue weighted by Crippen LogP contribution is 2.67. The normalized spacial score (nSPS) is 38.4. The fourth-order valence-corrected chi connectivity index (χ4v) is 12.0. The summed E-state index contributed by atoms with van der Waals surface area (Å²) in [5, 5.41) is 0. The van der Waals surface area contributed by atoms with E-state index in [1.807, 2.05) is 6.07 Å². The Morgan fingerprint density at radius 1 is 0.804 bits per heavy atom. The Labute approximate surface area is 310 Å². The lowest BCUT2D eigenvalue weighted by Crippen LogP contribution is -2.52. The fraction of sp³-hybridized carbons (Fsp3) is 0.702. The van der Waals surface area contributed by atoms with Crippen LogP contribution in [0.1, 0.15) is 130 Å². The molecule has 51 heavy (non-hydrogen) atoms. The number of hydrogen-bond donors (Lipinski definition) is 0. The summed E-state index contributed by atoms with van der Waals surface area (Å²) in [5.41, 5.74) is 4.89. The second kappa shape index (κ2) is 16.2. The number of ether oxygens (including phenoxy) is 4. The number of rotatable bonds is 13. The Morgan fingerprint density at radius 2 is 1.51 bits per heavy atom. The molecule has 7 rings (SSSR count). The molecule has 5 aliphatic rings. The third-order valence-corrected chi connectivity index (χ3v) is 14.8. The zero-order valence-electron chi connectivity index (χ0n) is 32.7. The average Bonchev–Trinajstić information content (AvgIpc) is 3.48. The van der Waals surface area contributed by atoms with Crippen molar-refractivity contribution in [1.29, 1.82) is 0 Å². The van der Waals surface area contributed by atoms with Crippen LogP contribution in [0.5, 0.6) is 0 Å². The van der Waals surface area contributed by atoms with Gasteiger partial charge in [0.05, 0.1) is 31.5 Å². The lowest BCUT2D eigenvalue weighted by atomic mass is 9.47.